The van der Waals surface area contributed by atoms with Crippen LogP contribution in [0.25, 0.3) is 10.9 Å². The zero-order valence-corrected chi connectivity index (χ0v) is 15.3. The highest BCUT2D eigenvalue weighted by molar-refractivity contribution is 6.39. The maximum absolute atomic E-state index is 13.1. The first-order chi connectivity index (χ1) is 12.0. The molecule has 6 heteroatoms. The lowest BCUT2D eigenvalue weighted by Crippen LogP contribution is -2.28. The molecule has 2 aromatic carbocycles. The van der Waals surface area contributed by atoms with E-state index in [-0.39, 0.29) is 5.91 Å². The Bertz CT molecular complexity index is 910. The molecule has 3 rings (SSSR count). The van der Waals surface area contributed by atoms with Gasteiger partial charge >= 0.3 is 0 Å². The van der Waals surface area contributed by atoms with E-state index >= 15 is 0 Å². The third-order valence-corrected chi connectivity index (χ3v) is 4.69. The molecule has 25 heavy (non-hydrogen) atoms. The Hall–Kier alpha value is -2.66. The maximum atomic E-state index is 13.1. The molecule has 0 aliphatic rings. The van der Waals surface area contributed by atoms with Crippen LogP contribution in [0.15, 0.2) is 42.5 Å². The monoisotopic (exact) mass is 358 g/mol. The Morgan fingerprint density at radius 1 is 1.08 bits per heavy atom. The molecule has 0 spiro atoms. The summed E-state index contributed by atoms with van der Waals surface area (Å²) in [4.78, 5) is 14.6. The molecule has 0 atom stereocenters. The highest BCUT2D eigenvalue weighted by Crippen LogP contribution is 2.34. The van der Waals surface area contributed by atoms with Crippen LogP contribution in [-0.2, 0) is 7.05 Å². The number of fused-ring (bicyclic) bond motifs is 1. The number of hydrogen-bond acceptors (Lipinski definition) is 3. The van der Waals surface area contributed by atoms with E-state index in [4.69, 9.17) is 21.1 Å². The second kappa shape index (κ2) is 6.69. The van der Waals surface area contributed by atoms with Crippen molar-refractivity contribution in [1.82, 2.24) is 4.57 Å². The molecule has 0 N–H and O–H groups in total. The summed E-state index contributed by atoms with van der Waals surface area (Å²) in [6.45, 7) is 0. The van der Waals surface area contributed by atoms with Crippen molar-refractivity contribution in [2.24, 2.45) is 7.05 Å². The van der Waals surface area contributed by atoms with Crippen molar-refractivity contribution in [3.05, 3.63) is 53.2 Å². The Labute approximate surface area is 151 Å². The van der Waals surface area contributed by atoms with Gasteiger partial charge in [0.1, 0.15) is 5.69 Å². The van der Waals surface area contributed by atoms with Crippen molar-refractivity contribution in [3.63, 3.8) is 0 Å². The second-order valence-electron chi connectivity index (χ2n) is 5.64. The number of carbonyl (C=O) groups is 1. The highest BCUT2D eigenvalue weighted by atomic mass is 35.5. The van der Waals surface area contributed by atoms with Gasteiger partial charge in [0.15, 0.2) is 11.5 Å². The van der Waals surface area contributed by atoms with Crippen molar-refractivity contribution in [2.75, 3.05) is 26.2 Å². The molecule has 1 aromatic heterocycles. The molecule has 0 unspecified atom stereocenters. The Morgan fingerprint density at radius 3 is 2.40 bits per heavy atom. The number of rotatable bonds is 4. The number of para-hydroxylation sites is 1. The van der Waals surface area contributed by atoms with Gasteiger partial charge in [-0.25, -0.2) is 0 Å². The van der Waals surface area contributed by atoms with Gasteiger partial charge in [0.25, 0.3) is 5.91 Å². The zero-order valence-electron chi connectivity index (χ0n) is 14.5. The summed E-state index contributed by atoms with van der Waals surface area (Å²) in [5.74, 6) is 0.966. The number of anilines is 1. The van der Waals surface area contributed by atoms with Gasteiger partial charge in [0.2, 0.25) is 0 Å². The molecule has 1 heterocycles. The average molecular weight is 359 g/mol. The van der Waals surface area contributed by atoms with Gasteiger partial charge in [-0.2, -0.15) is 0 Å². The molecule has 0 fully saturated rings. The van der Waals surface area contributed by atoms with Crippen molar-refractivity contribution >= 4 is 34.1 Å². The number of amides is 1. The quantitative estimate of drug-likeness (QED) is 0.704. The van der Waals surface area contributed by atoms with Crippen LogP contribution >= 0.6 is 11.6 Å². The lowest BCUT2D eigenvalue weighted by molar-refractivity contribution is 0.0986. The Balaban J connectivity index is 2.04. The Kier molecular flexibility index (Phi) is 4.59. The predicted molar refractivity (Wildman–Crippen MR) is 100 cm³/mol. The van der Waals surface area contributed by atoms with Crippen LogP contribution in [0.4, 0.5) is 5.69 Å². The molecule has 130 valence electrons. The van der Waals surface area contributed by atoms with E-state index in [9.17, 15) is 4.79 Å². The first-order valence-electron chi connectivity index (χ1n) is 7.72. The standard InChI is InChI=1S/C19H19ClN2O3/c1-21(12-9-10-15(24-3)16(11-12)25-4)19(23)18-17(20)13-7-5-6-8-14(13)22(18)2/h5-11H,1-4H3. The SMILES string of the molecule is COc1ccc(N(C)C(=O)c2c(Cl)c3ccccc3n2C)cc1OC. The van der Waals surface area contributed by atoms with Gasteiger partial charge in [-0.05, 0) is 18.2 Å². The summed E-state index contributed by atoms with van der Waals surface area (Å²) in [7, 11) is 6.67. The largest absolute Gasteiger partial charge is 0.493 e. The number of ether oxygens (including phenoxy) is 2. The first-order valence-corrected chi connectivity index (χ1v) is 8.10. The minimum absolute atomic E-state index is 0.198. The van der Waals surface area contributed by atoms with E-state index < -0.39 is 0 Å². The summed E-state index contributed by atoms with van der Waals surface area (Å²) in [6, 6.07) is 13.0. The summed E-state index contributed by atoms with van der Waals surface area (Å²) < 4.78 is 12.4. The third kappa shape index (κ3) is 2.81. The molecule has 1 amide bonds. The van der Waals surface area contributed by atoms with E-state index in [0.717, 1.165) is 10.9 Å². The minimum Gasteiger partial charge on any atom is -0.493 e. The molecule has 3 aromatic rings. The number of benzene rings is 2. The van der Waals surface area contributed by atoms with Crippen molar-refractivity contribution < 1.29 is 14.3 Å². The van der Waals surface area contributed by atoms with Crippen molar-refractivity contribution in [3.8, 4) is 11.5 Å². The lowest BCUT2D eigenvalue weighted by Gasteiger charge is -2.19. The number of aryl methyl sites for hydroxylation is 1. The minimum atomic E-state index is -0.198. The van der Waals surface area contributed by atoms with Gasteiger partial charge in [-0.3, -0.25) is 4.79 Å². The highest BCUT2D eigenvalue weighted by Gasteiger charge is 2.24. The fraction of sp³-hybridized carbons (Fsp3) is 0.211. The smallest absolute Gasteiger partial charge is 0.276 e. The van der Waals surface area contributed by atoms with E-state index in [1.807, 2.05) is 35.9 Å². The summed E-state index contributed by atoms with van der Waals surface area (Å²) in [6.07, 6.45) is 0. The lowest BCUT2D eigenvalue weighted by atomic mass is 10.2. The van der Waals surface area contributed by atoms with Crippen LogP contribution in [-0.4, -0.2) is 31.7 Å². The molecule has 0 bridgehead atoms. The maximum Gasteiger partial charge on any atom is 0.276 e. The number of carbonyl (C=O) groups excluding carboxylic acids is 1. The first kappa shape index (κ1) is 17.2. The number of halogens is 1. The number of aromatic nitrogens is 1. The van der Waals surface area contributed by atoms with Crippen LogP contribution < -0.4 is 14.4 Å². The second-order valence-corrected chi connectivity index (χ2v) is 6.02. The molecule has 0 aliphatic carbocycles. The molecule has 0 aliphatic heterocycles. The summed E-state index contributed by atoms with van der Waals surface area (Å²) in [5.41, 5.74) is 2.04. The van der Waals surface area contributed by atoms with Crippen molar-refractivity contribution in [2.45, 2.75) is 0 Å². The van der Waals surface area contributed by atoms with E-state index in [1.54, 1.807) is 44.4 Å². The molecule has 0 saturated carbocycles. The molecular weight excluding hydrogens is 340 g/mol. The van der Waals surface area contributed by atoms with Gasteiger partial charge in [-0.15, -0.1) is 0 Å². The van der Waals surface area contributed by atoms with E-state index in [1.165, 1.54) is 0 Å². The van der Waals surface area contributed by atoms with Crippen LogP contribution in [0.3, 0.4) is 0 Å². The summed E-state index contributed by atoms with van der Waals surface area (Å²) in [5, 5.41) is 1.31. The van der Waals surface area contributed by atoms with E-state index in [2.05, 4.69) is 0 Å². The summed E-state index contributed by atoms with van der Waals surface area (Å²) >= 11 is 6.48. The van der Waals surface area contributed by atoms with Crippen LogP contribution in [0.5, 0.6) is 11.5 Å². The predicted octanol–water partition coefficient (Wildman–Crippen LogP) is 4.13. The van der Waals surface area contributed by atoms with Gasteiger partial charge in [0, 0.05) is 36.8 Å². The fourth-order valence-corrected chi connectivity index (χ4v) is 3.26. The van der Waals surface area contributed by atoms with Gasteiger partial charge < -0.3 is 18.9 Å². The molecule has 0 radical (unpaired) electrons. The molecular formula is C19H19ClN2O3. The van der Waals surface area contributed by atoms with Crippen LogP contribution in [0.2, 0.25) is 5.02 Å². The number of methoxy groups -OCH3 is 2. The third-order valence-electron chi connectivity index (χ3n) is 4.31. The topological polar surface area (TPSA) is 43.7 Å². The van der Waals surface area contributed by atoms with Gasteiger partial charge in [-0.1, -0.05) is 29.8 Å². The normalized spacial score (nSPS) is 10.8. The van der Waals surface area contributed by atoms with E-state index in [0.29, 0.717) is 27.9 Å². The van der Waals surface area contributed by atoms with Crippen molar-refractivity contribution in [1.29, 1.82) is 0 Å². The number of hydrogen-bond donors (Lipinski definition) is 0. The number of nitrogens with zero attached hydrogens (tertiary/aromatic N) is 2. The molecule has 5 nitrogen and oxygen atoms in total. The molecule has 0 saturated heterocycles. The van der Waals surface area contributed by atoms with Crippen LogP contribution in [0.1, 0.15) is 10.5 Å². The Morgan fingerprint density at radius 2 is 1.76 bits per heavy atom. The fourth-order valence-electron chi connectivity index (χ4n) is 2.89. The zero-order chi connectivity index (χ0) is 18.1. The van der Waals surface area contributed by atoms with Crippen LogP contribution in [0, 0.1) is 0 Å². The van der Waals surface area contributed by atoms with Gasteiger partial charge in [0.05, 0.1) is 19.2 Å². The average Bonchev–Trinajstić information content (AvgIpc) is 2.91.